The highest BCUT2D eigenvalue weighted by atomic mass is 16.5. The molecule has 2 aromatic rings. The van der Waals surface area contributed by atoms with E-state index in [4.69, 9.17) is 10.5 Å². The number of anilines is 1. The minimum atomic E-state index is -0.417. The van der Waals surface area contributed by atoms with Crippen molar-refractivity contribution in [3.8, 4) is 5.75 Å². The first kappa shape index (κ1) is 20.9. The molecule has 1 heterocycles. The van der Waals surface area contributed by atoms with Gasteiger partial charge in [-0.05, 0) is 55.6 Å². The third kappa shape index (κ3) is 5.81. The van der Waals surface area contributed by atoms with Crippen molar-refractivity contribution in [3.63, 3.8) is 0 Å². The van der Waals surface area contributed by atoms with Crippen molar-refractivity contribution in [2.75, 3.05) is 31.6 Å². The molecule has 1 fully saturated rings. The first-order valence-corrected chi connectivity index (χ1v) is 10.1. The lowest BCUT2D eigenvalue weighted by Crippen LogP contribution is -2.44. The van der Waals surface area contributed by atoms with Gasteiger partial charge in [0, 0.05) is 24.7 Å². The Labute approximate surface area is 172 Å². The molecular formula is C23H29N3O3. The van der Waals surface area contributed by atoms with Crippen LogP contribution in [-0.2, 0) is 16.0 Å². The fourth-order valence-electron chi connectivity index (χ4n) is 3.86. The van der Waals surface area contributed by atoms with Crippen LogP contribution in [0.4, 0.5) is 5.69 Å². The van der Waals surface area contributed by atoms with Crippen molar-refractivity contribution in [2.24, 2.45) is 5.73 Å². The number of nitrogens with two attached hydrogens (primary N) is 1. The lowest BCUT2D eigenvalue weighted by molar-refractivity contribution is -0.120. The summed E-state index contributed by atoms with van der Waals surface area (Å²) in [5.41, 5.74) is 7.36. The summed E-state index contributed by atoms with van der Waals surface area (Å²) in [6.07, 6.45) is 3.25. The number of hydrogen-bond donors (Lipinski definition) is 1. The van der Waals surface area contributed by atoms with Crippen LogP contribution in [0.1, 0.15) is 24.8 Å². The molecule has 0 aromatic heterocycles. The van der Waals surface area contributed by atoms with Gasteiger partial charge in [0.15, 0.2) is 0 Å². The molecule has 2 N–H and O–H groups in total. The molecule has 1 saturated heterocycles. The Hall–Kier alpha value is -2.86. The van der Waals surface area contributed by atoms with Crippen LogP contribution >= 0.6 is 0 Å². The predicted molar refractivity (Wildman–Crippen MR) is 114 cm³/mol. The van der Waals surface area contributed by atoms with E-state index in [0.717, 1.165) is 37.2 Å². The third-order valence-electron chi connectivity index (χ3n) is 5.42. The van der Waals surface area contributed by atoms with Gasteiger partial charge in [-0.15, -0.1) is 0 Å². The predicted octanol–water partition coefficient (Wildman–Crippen LogP) is 2.61. The van der Waals surface area contributed by atoms with E-state index >= 15 is 0 Å². The Morgan fingerprint density at radius 3 is 2.52 bits per heavy atom. The highest BCUT2D eigenvalue weighted by molar-refractivity contribution is 5.95. The Bertz CT molecular complexity index is 808. The fourth-order valence-corrected chi connectivity index (χ4v) is 3.86. The van der Waals surface area contributed by atoms with Crippen molar-refractivity contribution in [2.45, 2.75) is 31.7 Å². The van der Waals surface area contributed by atoms with Crippen LogP contribution in [0.25, 0.3) is 0 Å². The largest absolute Gasteiger partial charge is 0.497 e. The fraction of sp³-hybridized carbons (Fsp3) is 0.391. The zero-order chi connectivity index (χ0) is 20.6. The number of carbonyl (C=O) groups excluding carboxylic acids is 2. The summed E-state index contributed by atoms with van der Waals surface area (Å²) >= 11 is 0. The minimum absolute atomic E-state index is 0.0172. The van der Waals surface area contributed by atoms with Crippen LogP contribution in [-0.4, -0.2) is 49.5 Å². The van der Waals surface area contributed by atoms with Crippen molar-refractivity contribution < 1.29 is 14.3 Å². The Morgan fingerprint density at radius 2 is 1.86 bits per heavy atom. The normalized spacial score (nSPS) is 16.5. The van der Waals surface area contributed by atoms with Crippen LogP contribution in [0.15, 0.2) is 54.6 Å². The second-order valence-corrected chi connectivity index (χ2v) is 7.42. The van der Waals surface area contributed by atoms with E-state index in [2.05, 4.69) is 29.2 Å². The van der Waals surface area contributed by atoms with Crippen LogP contribution in [0.5, 0.6) is 5.75 Å². The lowest BCUT2D eigenvalue weighted by Gasteiger charge is -2.28. The second kappa shape index (κ2) is 10.1. The maximum absolute atomic E-state index is 13.2. The molecular weight excluding hydrogens is 366 g/mol. The number of methoxy groups -OCH3 is 1. The molecule has 1 aliphatic heterocycles. The third-order valence-corrected chi connectivity index (χ3v) is 5.42. The quantitative estimate of drug-likeness (QED) is 0.708. The summed E-state index contributed by atoms with van der Waals surface area (Å²) in [4.78, 5) is 28.4. The molecule has 1 aliphatic rings. The summed E-state index contributed by atoms with van der Waals surface area (Å²) in [6.45, 7) is 1.52. The van der Waals surface area contributed by atoms with E-state index in [0.29, 0.717) is 12.6 Å². The zero-order valence-corrected chi connectivity index (χ0v) is 16.9. The molecule has 0 aliphatic carbocycles. The van der Waals surface area contributed by atoms with Gasteiger partial charge in [-0.3, -0.25) is 14.5 Å². The molecule has 6 heteroatoms. The molecule has 1 atom stereocenters. The van der Waals surface area contributed by atoms with E-state index < -0.39 is 5.91 Å². The molecule has 29 heavy (non-hydrogen) atoms. The van der Waals surface area contributed by atoms with E-state index in [1.165, 1.54) is 5.56 Å². The molecule has 3 rings (SSSR count). The molecule has 0 bridgehead atoms. The standard InChI is InChI=1S/C23H29N3O3/c1-29-21-11-9-19(10-12-21)26(15-13-22(24)27)23(28)17-25-14-5-8-20(25)16-18-6-3-2-4-7-18/h2-4,6-7,9-12,20H,5,8,13-17H2,1H3,(H2,24,27)/t20-/m0/s1. The van der Waals surface area contributed by atoms with Gasteiger partial charge in [0.25, 0.3) is 0 Å². The molecule has 0 spiro atoms. The molecule has 154 valence electrons. The van der Waals surface area contributed by atoms with Gasteiger partial charge < -0.3 is 15.4 Å². The van der Waals surface area contributed by atoms with E-state index in [1.807, 2.05) is 30.3 Å². The topological polar surface area (TPSA) is 75.9 Å². The van der Waals surface area contributed by atoms with E-state index in [1.54, 1.807) is 12.0 Å². The Morgan fingerprint density at radius 1 is 1.14 bits per heavy atom. The molecule has 2 amide bonds. The number of nitrogens with zero attached hydrogens (tertiary/aromatic N) is 2. The number of carbonyl (C=O) groups is 2. The number of ether oxygens (including phenoxy) is 1. The monoisotopic (exact) mass is 395 g/mol. The number of benzene rings is 2. The zero-order valence-electron chi connectivity index (χ0n) is 16.9. The first-order valence-electron chi connectivity index (χ1n) is 10.1. The number of primary amides is 1. The minimum Gasteiger partial charge on any atom is -0.497 e. The average Bonchev–Trinajstić information content (AvgIpc) is 3.15. The van der Waals surface area contributed by atoms with E-state index in [-0.39, 0.29) is 18.9 Å². The van der Waals surface area contributed by atoms with Crippen molar-refractivity contribution in [1.29, 1.82) is 0 Å². The van der Waals surface area contributed by atoms with Crippen LogP contribution in [0.2, 0.25) is 0 Å². The Kier molecular flexibility index (Phi) is 7.25. The van der Waals surface area contributed by atoms with Crippen molar-refractivity contribution in [1.82, 2.24) is 4.90 Å². The van der Waals surface area contributed by atoms with Crippen LogP contribution < -0.4 is 15.4 Å². The number of rotatable bonds is 9. The molecule has 0 radical (unpaired) electrons. The van der Waals surface area contributed by atoms with Gasteiger partial charge in [-0.25, -0.2) is 0 Å². The van der Waals surface area contributed by atoms with Crippen LogP contribution in [0.3, 0.4) is 0 Å². The average molecular weight is 396 g/mol. The summed E-state index contributed by atoms with van der Waals surface area (Å²) in [7, 11) is 1.60. The second-order valence-electron chi connectivity index (χ2n) is 7.42. The van der Waals surface area contributed by atoms with Gasteiger partial charge >= 0.3 is 0 Å². The van der Waals surface area contributed by atoms with Crippen LogP contribution in [0, 0.1) is 0 Å². The van der Waals surface area contributed by atoms with Gasteiger partial charge in [-0.1, -0.05) is 30.3 Å². The maximum atomic E-state index is 13.2. The SMILES string of the molecule is COc1ccc(N(CCC(N)=O)C(=O)CN2CCC[C@H]2Cc2ccccc2)cc1. The van der Waals surface area contributed by atoms with Gasteiger partial charge in [0.2, 0.25) is 11.8 Å². The number of likely N-dealkylation sites (tertiary alicyclic amines) is 1. The smallest absolute Gasteiger partial charge is 0.241 e. The molecule has 2 aromatic carbocycles. The van der Waals surface area contributed by atoms with Crippen molar-refractivity contribution >= 4 is 17.5 Å². The molecule has 6 nitrogen and oxygen atoms in total. The Balaban J connectivity index is 1.69. The number of hydrogen-bond acceptors (Lipinski definition) is 4. The molecule has 0 unspecified atom stereocenters. The highest BCUT2D eigenvalue weighted by Crippen LogP contribution is 2.23. The van der Waals surface area contributed by atoms with Gasteiger partial charge in [-0.2, -0.15) is 0 Å². The van der Waals surface area contributed by atoms with Crippen molar-refractivity contribution in [3.05, 3.63) is 60.2 Å². The van der Waals surface area contributed by atoms with Gasteiger partial charge in [0.05, 0.1) is 13.7 Å². The first-order chi connectivity index (χ1) is 14.1. The number of amides is 2. The maximum Gasteiger partial charge on any atom is 0.241 e. The highest BCUT2D eigenvalue weighted by Gasteiger charge is 2.28. The summed E-state index contributed by atoms with van der Waals surface area (Å²) < 4.78 is 5.20. The summed E-state index contributed by atoms with van der Waals surface area (Å²) in [5.74, 6) is 0.286. The van der Waals surface area contributed by atoms with Gasteiger partial charge in [0.1, 0.15) is 5.75 Å². The van der Waals surface area contributed by atoms with E-state index in [9.17, 15) is 9.59 Å². The lowest BCUT2D eigenvalue weighted by atomic mass is 10.0. The molecule has 0 saturated carbocycles. The summed E-state index contributed by atoms with van der Waals surface area (Å²) in [6, 6.07) is 18.0. The summed E-state index contributed by atoms with van der Waals surface area (Å²) in [5, 5.41) is 0.